The van der Waals surface area contributed by atoms with Gasteiger partial charge in [0.05, 0.1) is 0 Å². The SMILES string of the molecule is CN1C(=O)NC(C(Cl)(Cl)Cl)N(C)C1=O. The van der Waals surface area contributed by atoms with Gasteiger partial charge in [-0.05, 0) is 0 Å². The zero-order valence-electron chi connectivity index (χ0n) is 7.42. The van der Waals surface area contributed by atoms with E-state index in [1.807, 2.05) is 0 Å². The molecular formula is C6H8Cl3N3O2. The van der Waals surface area contributed by atoms with E-state index < -0.39 is 22.0 Å². The first kappa shape index (κ1) is 11.7. The van der Waals surface area contributed by atoms with Gasteiger partial charge in [-0.2, -0.15) is 0 Å². The molecule has 0 bridgehead atoms. The average Bonchev–Trinajstić information content (AvgIpc) is 2.06. The van der Waals surface area contributed by atoms with Crippen LogP contribution in [0.4, 0.5) is 9.59 Å². The molecule has 1 rings (SSSR count). The molecule has 0 aromatic rings. The molecule has 4 amide bonds. The van der Waals surface area contributed by atoms with E-state index in [2.05, 4.69) is 5.32 Å². The van der Waals surface area contributed by atoms with Crippen molar-refractivity contribution < 1.29 is 9.59 Å². The largest absolute Gasteiger partial charge is 0.329 e. The third-order valence-corrected chi connectivity index (χ3v) is 2.47. The Labute approximate surface area is 95.9 Å². The van der Waals surface area contributed by atoms with Gasteiger partial charge in [0, 0.05) is 14.1 Å². The van der Waals surface area contributed by atoms with E-state index in [1.54, 1.807) is 0 Å². The molecule has 0 spiro atoms. The summed E-state index contributed by atoms with van der Waals surface area (Å²) >= 11 is 16.8. The van der Waals surface area contributed by atoms with E-state index in [0.717, 1.165) is 9.80 Å². The number of halogens is 3. The zero-order chi connectivity index (χ0) is 11.1. The number of alkyl halides is 3. The van der Waals surface area contributed by atoms with E-state index in [-0.39, 0.29) is 0 Å². The van der Waals surface area contributed by atoms with Gasteiger partial charge < -0.3 is 10.2 Å². The highest BCUT2D eigenvalue weighted by Gasteiger charge is 2.44. The van der Waals surface area contributed by atoms with Crippen LogP contribution in [0.1, 0.15) is 0 Å². The maximum absolute atomic E-state index is 11.4. The number of urea groups is 2. The van der Waals surface area contributed by atoms with Crippen LogP contribution in [0, 0.1) is 0 Å². The number of rotatable bonds is 0. The molecule has 0 aliphatic carbocycles. The molecule has 1 fully saturated rings. The Morgan fingerprint density at radius 1 is 1.29 bits per heavy atom. The lowest BCUT2D eigenvalue weighted by molar-refractivity contribution is 0.124. The first-order valence-corrected chi connectivity index (χ1v) is 4.76. The third-order valence-electron chi connectivity index (χ3n) is 1.85. The van der Waals surface area contributed by atoms with E-state index in [1.165, 1.54) is 14.1 Å². The Kier molecular flexibility index (Phi) is 3.04. The van der Waals surface area contributed by atoms with E-state index in [0.29, 0.717) is 0 Å². The summed E-state index contributed by atoms with van der Waals surface area (Å²) in [5.41, 5.74) is 0. The Morgan fingerprint density at radius 2 is 1.79 bits per heavy atom. The smallest absolute Gasteiger partial charge is 0.313 e. The maximum Gasteiger partial charge on any atom is 0.329 e. The molecule has 0 radical (unpaired) electrons. The van der Waals surface area contributed by atoms with Gasteiger partial charge in [-0.15, -0.1) is 0 Å². The van der Waals surface area contributed by atoms with Crippen molar-refractivity contribution in [3.05, 3.63) is 0 Å². The monoisotopic (exact) mass is 259 g/mol. The van der Waals surface area contributed by atoms with Crippen LogP contribution in [0.2, 0.25) is 0 Å². The molecule has 0 saturated carbocycles. The Balaban J connectivity index is 2.92. The van der Waals surface area contributed by atoms with Gasteiger partial charge in [-0.3, -0.25) is 0 Å². The molecule has 1 aliphatic heterocycles. The van der Waals surface area contributed by atoms with Crippen LogP contribution >= 0.6 is 34.8 Å². The number of imide groups is 1. The third kappa shape index (κ3) is 1.99. The van der Waals surface area contributed by atoms with Crippen molar-refractivity contribution in [2.45, 2.75) is 9.96 Å². The Bertz CT molecular complexity index is 278. The van der Waals surface area contributed by atoms with E-state index in [4.69, 9.17) is 34.8 Å². The number of nitrogens with zero attached hydrogens (tertiary/aromatic N) is 2. The highest BCUT2D eigenvalue weighted by Crippen LogP contribution is 2.33. The fourth-order valence-corrected chi connectivity index (χ4v) is 1.65. The van der Waals surface area contributed by atoms with Crippen molar-refractivity contribution in [2.24, 2.45) is 0 Å². The van der Waals surface area contributed by atoms with Gasteiger partial charge in [0.2, 0.25) is 3.79 Å². The van der Waals surface area contributed by atoms with Crippen molar-refractivity contribution in [3.8, 4) is 0 Å². The highest BCUT2D eigenvalue weighted by atomic mass is 35.6. The number of carbonyl (C=O) groups excluding carboxylic acids is 2. The fourth-order valence-electron chi connectivity index (χ4n) is 1.05. The van der Waals surface area contributed by atoms with Crippen LogP contribution in [0.3, 0.4) is 0 Å². The van der Waals surface area contributed by atoms with Crippen LogP contribution in [0.25, 0.3) is 0 Å². The minimum atomic E-state index is -1.75. The molecule has 80 valence electrons. The quantitative estimate of drug-likeness (QED) is 0.669. The molecule has 1 N–H and O–H groups in total. The van der Waals surface area contributed by atoms with Gasteiger partial charge in [-0.1, -0.05) is 34.8 Å². The summed E-state index contributed by atoms with van der Waals surface area (Å²) in [6.07, 6.45) is -0.955. The highest BCUT2D eigenvalue weighted by molar-refractivity contribution is 6.68. The van der Waals surface area contributed by atoms with Gasteiger partial charge >= 0.3 is 12.1 Å². The van der Waals surface area contributed by atoms with Crippen molar-refractivity contribution in [1.29, 1.82) is 0 Å². The summed E-state index contributed by atoms with van der Waals surface area (Å²) in [4.78, 5) is 24.6. The molecule has 1 heterocycles. The van der Waals surface area contributed by atoms with Crippen LogP contribution in [-0.2, 0) is 0 Å². The molecule has 0 aromatic heterocycles. The molecule has 1 atom stereocenters. The maximum atomic E-state index is 11.4. The van der Waals surface area contributed by atoms with E-state index >= 15 is 0 Å². The molecule has 1 saturated heterocycles. The molecule has 5 nitrogen and oxygen atoms in total. The molecular weight excluding hydrogens is 252 g/mol. The summed E-state index contributed by atoms with van der Waals surface area (Å²) in [5.74, 6) is 0. The zero-order valence-corrected chi connectivity index (χ0v) is 9.69. The predicted octanol–water partition coefficient (Wildman–Crippen LogP) is 1.39. The summed E-state index contributed by atoms with van der Waals surface area (Å²) < 4.78 is -1.75. The van der Waals surface area contributed by atoms with Gasteiger partial charge in [0.25, 0.3) is 0 Å². The summed E-state index contributed by atoms with van der Waals surface area (Å²) in [5, 5.41) is 2.38. The van der Waals surface area contributed by atoms with Crippen LogP contribution in [-0.4, -0.2) is 45.9 Å². The second-order valence-electron chi connectivity index (χ2n) is 2.85. The van der Waals surface area contributed by atoms with Crippen molar-refractivity contribution in [1.82, 2.24) is 15.1 Å². The summed E-state index contributed by atoms with van der Waals surface area (Å²) in [7, 11) is 2.77. The molecule has 1 unspecified atom stereocenters. The van der Waals surface area contributed by atoms with Gasteiger partial charge in [0.15, 0.2) is 6.17 Å². The van der Waals surface area contributed by atoms with Crippen molar-refractivity contribution in [2.75, 3.05) is 14.1 Å². The van der Waals surface area contributed by atoms with Crippen molar-refractivity contribution >= 4 is 46.9 Å². The normalized spacial score (nSPS) is 23.9. The Morgan fingerprint density at radius 3 is 2.21 bits per heavy atom. The topological polar surface area (TPSA) is 52.7 Å². The lowest BCUT2D eigenvalue weighted by atomic mass is 10.4. The predicted molar refractivity (Wildman–Crippen MR) is 53.5 cm³/mol. The van der Waals surface area contributed by atoms with Crippen molar-refractivity contribution in [3.63, 3.8) is 0 Å². The average molecular weight is 261 g/mol. The molecule has 8 heteroatoms. The molecule has 14 heavy (non-hydrogen) atoms. The van der Waals surface area contributed by atoms with Crippen LogP contribution < -0.4 is 5.32 Å². The number of carbonyl (C=O) groups is 2. The Hall–Kier alpha value is -0.390. The van der Waals surface area contributed by atoms with Gasteiger partial charge in [0.1, 0.15) is 0 Å². The first-order valence-electron chi connectivity index (χ1n) is 3.63. The van der Waals surface area contributed by atoms with E-state index in [9.17, 15) is 9.59 Å². The number of hydrogen-bond acceptors (Lipinski definition) is 2. The summed E-state index contributed by atoms with van der Waals surface area (Å²) in [6.45, 7) is 0. The first-order chi connectivity index (χ1) is 6.25. The second-order valence-corrected chi connectivity index (χ2v) is 5.22. The standard InChI is InChI=1S/C6H8Cl3N3O2/c1-11-3(6(7,8)9)10-4(13)12(2)5(11)14/h3H,1-2H3,(H,10,13). The number of hydrogen-bond donors (Lipinski definition) is 1. The number of amides is 4. The lowest BCUT2D eigenvalue weighted by Crippen LogP contribution is -2.66. The minimum Gasteiger partial charge on any atom is -0.313 e. The van der Waals surface area contributed by atoms with Crippen LogP contribution in [0.5, 0.6) is 0 Å². The fraction of sp³-hybridized carbons (Fsp3) is 0.667. The molecule has 1 aliphatic rings. The number of nitrogens with one attached hydrogen (secondary N) is 1. The van der Waals surface area contributed by atoms with Crippen LogP contribution in [0.15, 0.2) is 0 Å². The lowest BCUT2D eigenvalue weighted by Gasteiger charge is -2.40. The second kappa shape index (κ2) is 3.64. The molecule has 0 aromatic carbocycles. The summed E-state index contributed by atoms with van der Waals surface area (Å²) in [6, 6.07) is -1.12. The van der Waals surface area contributed by atoms with Gasteiger partial charge in [-0.25, -0.2) is 14.5 Å². The minimum absolute atomic E-state index is 0.523.